The van der Waals surface area contributed by atoms with Gasteiger partial charge in [-0.15, -0.1) is 0 Å². The van der Waals surface area contributed by atoms with Crippen LogP contribution in [0.5, 0.6) is 0 Å². The van der Waals surface area contributed by atoms with Crippen LogP contribution < -0.4 is 10.2 Å². The Morgan fingerprint density at radius 2 is 1.86 bits per heavy atom. The maximum absolute atomic E-state index is 13.5. The molecule has 0 radical (unpaired) electrons. The quantitative estimate of drug-likeness (QED) is 0.899. The van der Waals surface area contributed by atoms with Crippen molar-refractivity contribution in [1.29, 1.82) is 0 Å². The first-order chi connectivity index (χ1) is 10.4. The number of carbonyl (C=O) groups is 2. The molecule has 0 saturated carbocycles. The van der Waals surface area contributed by atoms with E-state index < -0.39 is 11.7 Å². The van der Waals surface area contributed by atoms with E-state index in [1.807, 2.05) is 0 Å². The zero-order chi connectivity index (χ0) is 16.3. The molecule has 114 valence electrons. The van der Waals surface area contributed by atoms with Crippen molar-refractivity contribution in [2.45, 2.75) is 6.92 Å². The molecular weight excluding hydrogens is 351 g/mol. The highest BCUT2D eigenvalue weighted by atomic mass is 79.9. The molecule has 0 aliphatic heterocycles. The van der Waals surface area contributed by atoms with Crippen molar-refractivity contribution in [1.82, 2.24) is 0 Å². The number of rotatable bonds is 3. The van der Waals surface area contributed by atoms with E-state index in [4.69, 9.17) is 0 Å². The molecule has 2 amide bonds. The molecule has 0 aromatic heterocycles. The Hall–Kier alpha value is -2.21. The van der Waals surface area contributed by atoms with Crippen molar-refractivity contribution in [3.05, 3.63) is 58.3 Å². The summed E-state index contributed by atoms with van der Waals surface area (Å²) in [5.41, 5.74) is 1.08. The Kier molecular flexibility index (Phi) is 4.92. The number of benzene rings is 2. The Bertz CT molecular complexity index is 734. The third-order valence-corrected chi connectivity index (χ3v) is 3.85. The van der Waals surface area contributed by atoms with Crippen molar-refractivity contribution in [3.8, 4) is 0 Å². The fraction of sp³-hybridized carbons (Fsp3) is 0.125. The van der Waals surface area contributed by atoms with E-state index in [1.54, 1.807) is 31.3 Å². The highest BCUT2D eigenvalue weighted by Crippen LogP contribution is 2.27. The summed E-state index contributed by atoms with van der Waals surface area (Å²) in [5.74, 6) is -1.11. The predicted molar refractivity (Wildman–Crippen MR) is 87.6 cm³/mol. The summed E-state index contributed by atoms with van der Waals surface area (Å²) in [6.45, 7) is 1.39. The zero-order valence-corrected chi connectivity index (χ0v) is 13.6. The molecule has 4 nitrogen and oxygen atoms in total. The first-order valence-corrected chi connectivity index (χ1v) is 7.29. The number of hydrogen-bond donors (Lipinski definition) is 1. The van der Waals surface area contributed by atoms with Gasteiger partial charge in [-0.3, -0.25) is 9.59 Å². The van der Waals surface area contributed by atoms with Gasteiger partial charge in [0.05, 0.1) is 16.9 Å². The Morgan fingerprint density at radius 3 is 2.50 bits per heavy atom. The third-order valence-electron chi connectivity index (χ3n) is 3.16. The van der Waals surface area contributed by atoms with E-state index in [0.29, 0.717) is 15.7 Å². The molecule has 1 N–H and O–H groups in total. The highest BCUT2D eigenvalue weighted by molar-refractivity contribution is 9.10. The first-order valence-electron chi connectivity index (χ1n) is 6.50. The molecule has 2 aromatic rings. The lowest BCUT2D eigenvalue weighted by Crippen LogP contribution is -2.25. The molecule has 0 heterocycles. The van der Waals surface area contributed by atoms with E-state index in [1.165, 1.54) is 30.0 Å². The van der Waals surface area contributed by atoms with Gasteiger partial charge in [0.25, 0.3) is 5.91 Å². The van der Waals surface area contributed by atoms with Gasteiger partial charge >= 0.3 is 0 Å². The molecule has 2 aromatic carbocycles. The standard InChI is InChI=1S/C16H14BrFN2O2/c1-10(21)20(2)15-8-7-11(18)9-14(15)19-16(22)12-5-3-4-6-13(12)17/h3-9H,1-2H3,(H,19,22). The molecule has 0 spiro atoms. The number of nitrogens with zero attached hydrogens (tertiary/aromatic N) is 1. The van der Waals surface area contributed by atoms with Crippen molar-refractivity contribution < 1.29 is 14.0 Å². The van der Waals surface area contributed by atoms with Gasteiger partial charge in [-0.1, -0.05) is 12.1 Å². The van der Waals surface area contributed by atoms with Gasteiger partial charge in [-0.2, -0.15) is 0 Å². The minimum atomic E-state index is -0.497. The zero-order valence-electron chi connectivity index (χ0n) is 12.1. The van der Waals surface area contributed by atoms with Crippen molar-refractivity contribution in [3.63, 3.8) is 0 Å². The lowest BCUT2D eigenvalue weighted by molar-refractivity contribution is -0.116. The molecule has 0 aliphatic rings. The van der Waals surface area contributed by atoms with Gasteiger partial charge in [-0.05, 0) is 46.3 Å². The average Bonchev–Trinajstić information content (AvgIpc) is 2.47. The summed E-state index contributed by atoms with van der Waals surface area (Å²) in [6.07, 6.45) is 0. The van der Waals surface area contributed by atoms with Gasteiger partial charge < -0.3 is 10.2 Å². The number of halogens is 2. The van der Waals surface area contributed by atoms with Gasteiger partial charge in [0.2, 0.25) is 5.91 Å². The van der Waals surface area contributed by atoms with Crippen LogP contribution in [0.4, 0.5) is 15.8 Å². The van der Waals surface area contributed by atoms with Crippen LogP contribution in [-0.2, 0) is 4.79 Å². The van der Waals surface area contributed by atoms with Crippen molar-refractivity contribution in [2.24, 2.45) is 0 Å². The molecular formula is C16H14BrFN2O2. The second kappa shape index (κ2) is 6.70. The van der Waals surface area contributed by atoms with Gasteiger partial charge in [0, 0.05) is 18.4 Å². The smallest absolute Gasteiger partial charge is 0.256 e. The summed E-state index contributed by atoms with van der Waals surface area (Å²) in [4.78, 5) is 25.2. The third kappa shape index (κ3) is 3.51. The second-order valence-electron chi connectivity index (χ2n) is 4.67. The van der Waals surface area contributed by atoms with Crippen molar-refractivity contribution >= 4 is 39.1 Å². The number of amides is 2. The van der Waals surface area contributed by atoms with Crippen LogP contribution in [0.2, 0.25) is 0 Å². The molecule has 0 fully saturated rings. The summed E-state index contributed by atoms with van der Waals surface area (Å²) in [6, 6.07) is 10.8. The largest absolute Gasteiger partial charge is 0.320 e. The minimum Gasteiger partial charge on any atom is -0.320 e. The number of anilines is 2. The lowest BCUT2D eigenvalue weighted by atomic mass is 10.2. The first kappa shape index (κ1) is 16.2. The van der Waals surface area contributed by atoms with Crippen LogP contribution in [0.1, 0.15) is 17.3 Å². The summed E-state index contributed by atoms with van der Waals surface area (Å²) in [7, 11) is 1.56. The van der Waals surface area contributed by atoms with E-state index in [-0.39, 0.29) is 11.6 Å². The molecule has 0 bridgehead atoms. The van der Waals surface area contributed by atoms with E-state index >= 15 is 0 Å². The molecule has 22 heavy (non-hydrogen) atoms. The monoisotopic (exact) mass is 364 g/mol. The Morgan fingerprint density at radius 1 is 1.18 bits per heavy atom. The minimum absolute atomic E-state index is 0.219. The summed E-state index contributed by atoms with van der Waals surface area (Å²) in [5, 5.41) is 2.64. The number of nitrogens with one attached hydrogen (secondary N) is 1. The van der Waals surface area contributed by atoms with Crippen LogP contribution >= 0.6 is 15.9 Å². The van der Waals surface area contributed by atoms with Crippen LogP contribution in [0, 0.1) is 5.82 Å². The normalized spacial score (nSPS) is 10.2. The van der Waals surface area contributed by atoms with Gasteiger partial charge in [0.15, 0.2) is 0 Å². The Labute approximate surface area is 136 Å². The van der Waals surface area contributed by atoms with E-state index in [0.717, 1.165) is 0 Å². The molecule has 0 unspecified atom stereocenters. The lowest BCUT2D eigenvalue weighted by Gasteiger charge is -2.19. The van der Waals surface area contributed by atoms with Crippen LogP contribution in [0.15, 0.2) is 46.9 Å². The Balaban J connectivity index is 2.37. The number of carbonyl (C=O) groups excluding carboxylic acids is 2. The number of hydrogen-bond acceptors (Lipinski definition) is 2. The predicted octanol–water partition coefficient (Wildman–Crippen LogP) is 3.82. The molecule has 6 heteroatoms. The van der Waals surface area contributed by atoms with Crippen LogP contribution in [-0.4, -0.2) is 18.9 Å². The maximum Gasteiger partial charge on any atom is 0.256 e. The van der Waals surface area contributed by atoms with Crippen LogP contribution in [0.25, 0.3) is 0 Å². The summed E-state index contributed by atoms with van der Waals surface area (Å²) >= 11 is 3.30. The fourth-order valence-electron chi connectivity index (χ4n) is 1.91. The van der Waals surface area contributed by atoms with E-state index in [2.05, 4.69) is 21.2 Å². The van der Waals surface area contributed by atoms with Crippen molar-refractivity contribution in [2.75, 3.05) is 17.3 Å². The molecule has 0 atom stereocenters. The maximum atomic E-state index is 13.5. The average molecular weight is 365 g/mol. The van der Waals surface area contributed by atoms with E-state index in [9.17, 15) is 14.0 Å². The second-order valence-corrected chi connectivity index (χ2v) is 5.53. The molecule has 2 rings (SSSR count). The molecule has 0 saturated heterocycles. The van der Waals surface area contributed by atoms with Gasteiger partial charge in [-0.25, -0.2) is 4.39 Å². The summed E-state index contributed by atoms with van der Waals surface area (Å²) < 4.78 is 14.1. The topological polar surface area (TPSA) is 49.4 Å². The highest BCUT2D eigenvalue weighted by Gasteiger charge is 2.16. The van der Waals surface area contributed by atoms with Crippen LogP contribution in [0.3, 0.4) is 0 Å². The van der Waals surface area contributed by atoms with Gasteiger partial charge in [0.1, 0.15) is 5.82 Å². The molecule has 0 aliphatic carbocycles. The fourth-order valence-corrected chi connectivity index (χ4v) is 2.37. The SMILES string of the molecule is CC(=O)N(C)c1ccc(F)cc1NC(=O)c1ccccc1Br.